The number of hydrogen-bond acceptors (Lipinski definition) is 3. The second kappa shape index (κ2) is 7.47. The molecule has 0 aliphatic carbocycles. The van der Waals surface area contributed by atoms with Gasteiger partial charge in [0.2, 0.25) is 0 Å². The van der Waals surface area contributed by atoms with E-state index in [1.165, 1.54) is 5.56 Å². The van der Waals surface area contributed by atoms with Crippen molar-refractivity contribution in [3.05, 3.63) is 59.5 Å². The van der Waals surface area contributed by atoms with Crippen LogP contribution in [0.5, 0.6) is 0 Å². The monoisotopic (exact) mass is 313 g/mol. The minimum absolute atomic E-state index is 0.00439. The third kappa shape index (κ3) is 4.02. The highest BCUT2D eigenvalue weighted by molar-refractivity contribution is 5.91. The van der Waals surface area contributed by atoms with Crippen LogP contribution < -0.4 is 0 Å². The molecule has 4 nitrogen and oxygen atoms in total. The first-order chi connectivity index (χ1) is 11.3. The summed E-state index contributed by atoms with van der Waals surface area (Å²) in [6, 6.07) is 13.8. The molecule has 0 bridgehead atoms. The molecule has 0 saturated carbocycles. The van der Waals surface area contributed by atoms with E-state index < -0.39 is 0 Å². The smallest absolute Gasteiger partial charge is 0.289 e. The summed E-state index contributed by atoms with van der Waals surface area (Å²) in [5, 5.41) is 0. The van der Waals surface area contributed by atoms with Gasteiger partial charge in [-0.3, -0.25) is 4.79 Å². The van der Waals surface area contributed by atoms with Gasteiger partial charge in [0.15, 0.2) is 5.76 Å². The lowest BCUT2D eigenvalue weighted by molar-refractivity contribution is 0.0706. The van der Waals surface area contributed by atoms with Crippen LogP contribution in [0.2, 0.25) is 0 Å². The Bertz CT molecular complexity index is 635. The van der Waals surface area contributed by atoms with Gasteiger partial charge in [0.05, 0.1) is 13.2 Å². The molecule has 1 aliphatic rings. The Kier molecular flexibility index (Phi) is 5.13. The second-order valence-electron chi connectivity index (χ2n) is 6.03. The first-order valence-corrected chi connectivity index (χ1v) is 8.26. The first kappa shape index (κ1) is 15.8. The standard InChI is InChI=1S/C19H23NO3/c1-2-17-8-9-18(23-17)19(21)20-11-10-16(12-20)14-22-13-15-6-4-3-5-7-15/h3-9,16H,2,10-14H2,1H3/t16-/m1/s1. The summed E-state index contributed by atoms with van der Waals surface area (Å²) in [7, 11) is 0. The molecule has 2 aromatic rings. The summed E-state index contributed by atoms with van der Waals surface area (Å²) in [5.74, 6) is 1.71. The largest absolute Gasteiger partial charge is 0.456 e. The van der Waals surface area contributed by atoms with E-state index in [4.69, 9.17) is 9.15 Å². The van der Waals surface area contributed by atoms with Gasteiger partial charge < -0.3 is 14.1 Å². The topological polar surface area (TPSA) is 42.7 Å². The minimum Gasteiger partial charge on any atom is -0.456 e. The maximum atomic E-state index is 12.4. The van der Waals surface area contributed by atoms with Gasteiger partial charge in [0.25, 0.3) is 5.91 Å². The summed E-state index contributed by atoms with van der Waals surface area (Å²) in [4.78, 5) is 14.3. The van der Waals surface area contributed by atoms with Crippen molar-refractivity contribution in [2.75, 3.05) is 19.7 Å². The number of carbonyl (C=O) groups excluding carboxylic acids is 1. The quantitative estimate of drug-likeness (QED) is 0.819. The van der Waals surface area contributed by atoms with Crippen molar-refractivity contribution >= 4 is 5.91 Å². The van der Waals surface area contributed by atoms with Crippen molar-refractivity contribution in [1.82, 2.24) is 4.90 Å². The molecule has 2 heterocycles. The zero-order chi connectivity index (χ0) is 16.1. The number of likely N-dealkylation sites (tertiary alicyclic amines) is 1. The molecule has 4 heteroatoms. The van der Waals surface area contributed by atoms with Gasteiger partial charge in [-0.25, -0.2) is 0 Å². The highest BCUT2D eigenvalue weighted by Gasteiger charge is 2.28. The van der Waals surface area contributed by atoms with Crippen LogP contribution in [0.4, 0.5) is 0 Å². The van der Waals surface area contributed by atoms with Gasteiger partial charge >= 0.3 is 0 Å². The molecule has 0 N–H and O–H groups in total. The maximum absolute atomic E-state index is 12.4. The van der Waals surface area contributed by atoms with Crippen molar-refractivity contribution in [2.24, 2.45) is 5.92 Å². The highest BCUT2D eigenvalue weighted by Crippen LogP contribution is 2.20. The van der Waals surface area contributed by atoms with Crippen LogP contribution in [0, 0.1) is 5.92 Å². The molecular weight excluding hydrogens is 290 g/mol. The van der Waals surface area contributed by atoms with Crippen LogP contribution in [0.15, 0.2) is 46.9 Å². The number of ether oxygens (including phenoxy) is 1. The lowest BCUT2D eigenvalue weighted by Crippen LogP contribution is -2.29. The van der Waals surface area contributed by atoms with E-state index in [0.717, 1.165) is 31.7 Å². The molecule has 1 atom stereocenters. The summed E-state index contributed by atoms with van der Waals surface area (Å²) < 4.78 is 11.4. The molecule has 0 unspecified atom stereocenters. The van der Waals surface area contributed by atoms with E-state index in [9.17, 15) is 4.79 Å². The summed E-state index contributed by atoms with van der Waals surface area (Å²) >= 11 is 0. The van der Waals surface area contributed by atoms with E-state index >= 15 is 0 Å². The SMILES string of the molecule is CCc1ccc(C(=O)N2CC[C@@H](COCc3ccccc3)C2)o1. The number of furan rings is 1. The number of amides is 1. The van der Waals surface area contributed by atoms with Crippen molar-refractivity contribution in [3.8, 4) is 0 Å². The van der Waals surface area contributed by atoms with Crippen molar-refractivity contribution < 1.29 is 13.9 Å². The van der Waals surface area contributed by atoms with Crippen LogP contribution in [-0.4, -0.2) is 30.5 Å². The van der Waals surface area contributed by atoms with E-state index in [0.29, 0.717) is 24.9 Å². The minimum atomic E-state index is -0.00439. The Hall–Kier alpha value is -2.07. The number of aryl methyl sites for hydroxylation is 1. The normalized spacial score (nSPS) is 17.6. The highest BCUT2D eigenvalue weighted by atomic mass is 16.5. The molecule has 1 amide bonds. The Balaban J connectivity index is 1.45. The Morgan fingerprint density at radius 3 is 2.83 bits per heavy atom. The van der Waals surface area contributed by atoms with Crippen LogP contribution >= 0.6 is 0 Å². The third-order valence-corrected chi connectivity index (χ3v) is 4.26. The fraction of sp³-hybridized carbons (Fsp3) is 0.421. The third-order valence-electron chi connectivity index (χ3n) is 4.26. The molecule has 1 aromatic heterocycles. The predicted octanol–water partition coefficient (Wildman–Crippen LogP) is 3.52. The van der Waals surface area contributed by atoms with Gasteiger partial charge in [0.1, 0.15) is 5.76 Å². The average Bonchev–Trinajstić information content (AvgIpc) is 3.24. The fourth-order valence-corrected chi connectivity index (χ4v) is 2.91. The molecule has 0 radical (unpaired) electrons. The van der Waals surface area contributed by atoms with E-state index in [1.54, 1.807) is 6.07 Å². The molecule has 0 spiro atoms. The second-order valence-corrected chi connectivity index (χ2v) is 6.03. The van der Waals surface area contributed by atoms with Crippen LogP contribution in [0.1, 0.15) is 35.2 Å². The van der Waals surface area contributed by atoms with Gasteiger partial charge in [0, 0.05) is 25.4 Å². The van der Waals surface area contributed by atoms with E-state index in [2.05, 4.69) is 12.1 Å². The zero-order valence-electron chi connectivity index (χ0n) is 13.5. The summed E-state index contributed by atoms with van der Waals surface area (Å²) in [6.07, 6.45) is 1.80. The molecule has 3 rings (SSSR count). The van der Waals surface area contributed by atoms with Gasteiger partial charge in [-0.1, -0.05) is 37.3 Å². The lowest BCUT2D eigenvalue weighted by Gasteiger charge is -2.15. The number of carbonyl (C=O) groups is 1. The molecule has 1 saturated heterocycles. The van der Waals surface area contributed by atoms with E-state index in [-0.39, 0.29) is 5.91 Å². The molecule has 1 fully saturated rings. The van der Waals surface area contributed by atoms with Crippen molar-refractivity contribution in [1.29, 1.82) is 0 Å². The maximum Gasteiger partial charge on any atom is 0.289 e. The summed E-state index contributed by atoms with van der Waals surface area (Å²) in [6.45, 7) is 4.86. The zero-order valence-corrected chi connectivity index (χ0v) is 13.5. The van der Waals surface area contributed by atoms with Gasteiger partial charge in [-0.15, -0.1) is 0 Å². The molecular formula is C19H23NO3. The average molecular weight is 313 g/mol. The van der Waals surface area contributed by atoms with E-state index in [1.807, 2.05) is 36.1 Å². The van der Waals surface area contributed by atoms with Crippen molar-refractivity contribution in [2.45, 2.75) is 26.4 Å². The number of rotatable bonds is 6. The Morgan fingerprint density at radius 1 is 1.26 bits per heavy atom. The number of benzene rings is 1. The van der Waals surface area contributed by atoms with Crippen LogP contribution in [0.3, 0.4) is 0 Å². The lowest BCUT2D eigenvalue weighted by atomic mass is 10.1. The van der Waals surface area contributed by atoms with Crippen molar-refractivity contribution in [3.63, 3.8) is 0 Å². The molecule has 1 aromatic carbocycles. The Morgan fingerprint density at radius 2 is 2.09 bits per heavy atom. The molecule has 1 aliphatic heterocycles. The first-order valence-electron chi connectivity index (χ1n) is 8.26. The molecule has 122 valence electrons. The molecule has 23 heavy (non-hydrogen) atoms. The van der Waals surface area contributed by atoms with Crippen LogP contribution in [0.25, 0.3) is 0 Å². The fourth-order valence-electron chi connectivity index (χ4n) is 2.91. The number of hydrogen-bond donors (Lipinski definition) is 0. The Labute approximate surface area is 137 Å². The van der Waals surface area contributed by atoms with Gasteiger partial charge in [-0.2, -0.15) is 0 Å². The van der Waals surface area contributed by atoms with Gasteiger partial charge in [-0.05, 0) is 24.1 Å². The summed E-state index contributed by atoms with van der Waals surface area (Å²) in [5.41, 5.74) is 1.18. The number of nitrogens with zero attached hydrogens (tertiary/aromatic N) is 1. The predicted molar refractivity (Wildman–Crippen MR) is 88.2 cm³/mol. The van der Waals surface area contributed by atoms with Crippen LogP contribution in [-0.2, 0) is 17.8 Å².